The summed E-state index contributed by atoms with van der Waals surface area (Å²) in [6.07, 6.45) is -0.928. The Morgan fingerprint density at radius 3 is 2.31 bits per heavy atom. The molecule has 6 nitrogen and oxygen atoms in total. The summed E-state index contributed by atoms with van der Waals surface area (Å²) in [5.74, 6) is -2.04. The van der Waals surface area contributed by atoms with Gasteiger partial charge >= 0.3 is 11.9 Å². The van der Waals surface area contributed by atoms with Crippen LogP contribution in [0, 0.1) is 11.3 Å². The normalized spacial score (nSPS) is 17.9. The number of halogens is 1. The zero-order valence-electron chi connectivity index (χ0n) is 14.9. The predicted octanol–water partition coefficient (Wildman–Crippen LogP) is 3.20. The van der Waals surface area contributed by atoms with E-state index in [1.165, 1.54) is 14.0 Å². The fourth-order valence-corrected chi connectivity index (χ4v) is 3.16. The lowest BCUT2D eigenvalue weighted by molar-refractivity contribution is -0.141. The van der Waals surface area contributed by atoms with Crippen molar-refractivity contribution in [2.45, 2.75) is 32.8 Å². The van der Waals surface area contributed by atoms with Gasteiger partial charge in [-0.05, 0) is 32.4 Å². The number of dihydropyridines is 1. The number of hydrogen-bond donors (Lipinski definition) is 1. The molecule has 2 unspecified atom stereocenters. The highest BCUT2D eigenvalue weighted by molar-refractivity contribution is 6.31. The average Bonchev–Trinajstić information content (AvgIpc) is 2.60. The number of carbonyl (C=O) groups is 2. The molecule has 1 aromatic carbocycles. The number of esters is 2. The smallest absolute Gasteiger partial charge is 0.338 e. The SMILES string of the molecule is COC(=O)C1=C(C)NC(C)=C(C(=O)OC(C)C#N)C1c1ccccc1Cl. The van der Waals surface area contributed by atoms with Crippen LogP contribution in [0.25, 0.3) is 0 Å². The van der Waals surface area contributed by atoms with E-state index in [1.807, 2.05) is 6.07 Å². The molecule has 0 bridgehead atoms. The van der Waals surface area contributed by atoms with Crippen LogP contribution in [0.5, 0.6) is 0 Å². The Morgan fingerprint density at radius 2 is 1.77 bits per heavy atom. The van der Waals surface area contributed by atoms with Gasteiger partial charge in [0, 0.05) is 16.4 Å². The number of allylic oxidation sites excluding steroid dienone is 2. The highest BCUT2D eigenvalue weighted by atomic mass is 35.5. The van der Waals surface area contributed by atoms with Gasteiger partial charge in [0.1, 0.15) is 6.07 Å². The monoisotopic (exact) mass is 374 g/mol. The van der Waals surface area contributed by atoms with Gasteiger partial charge in [-0.25, -0.2) is 9.59 Å². The van der Waals surface area contributed by atoms with Crippen molar-refractivity contribution in [1.82, 2.24) is 5.32 Å². The number of methoxy groups -OCH3 is 1. The summed E-state index contributed by atoms with van der Waals surface area (Å²) in [6, 6.07) is 8.80. The van der Waals surface area contributed by atoms with Crippen LogP contribution in [0.4, 0.5) is 0 Å². The maximum Gasteiger partial charge on any atom is 0.338 e. The molecular weight excluding hydrogens is 356 g/mol. The summed E-state index contributed by atoms with van der Waals surface area (Å²) in [6.45, 7) is 4.89. The maximum atomic E-state index is 12.7. The van der Waals surface area contributed by atoms with Crippen LogP contribution in [-0.4, -0.2) is 25.2 Å². The van der Waals surface area contributed by atoms with Gasteiger partial charge in [0.05, 0.1) is 24.2 Å². The van der Waals surface area contributed by atoms with Gasteiger partial charge in [-0.1, -0.05) is 29.8 Å². The van der Waals surface area contributed by atoms with Crippen molar-refractivity contribution in [2.24, 2.45) is 0 Å². The maximum absolute atomic E-state index is 12.7. The Balaban J connectivity index is 2.66. The first-order valence-corrected chi connectivity index (χ1v) is 8.31. The van der Waals surface area contributed by atoms with Gasteiger partial charge in [-0.15, -0.1) is 0 Å². The first-order chi connectivity index (χ1) is 12.3. The second-order valence-corrected chi connectivity index (χ2v) is 6.23. The molecular formula is C19H19ClN2O4. The number of nitrogens with one attached hydrogen (secondary N) is 1. The second kappa shape index (κ2) is 8.07. The molecule has 0 fully saturated rings. The van der Waals surface area contributed by atoms with E-state index in [4.69, 9.17) is 26.3 Å². The molecule has 7 heteroatoms. The Kier molecular flexibility index (Phi) is 6.06. The van der Waals surface area contributed by atoms with Crippen LogP contribution in [0.2, 0.25) is 5.02 Å². The van der Waals surface area contributed by atoms with Crippen LogP contribution in [0.3, 0.4) is 0 Å². The average molecular weight is 375 g/mol. The van der Waals surface area contributed by atoms with Crippen molar-refractivity contribution in [2.75, 3.05) is 7.11 Å². The molecule has 0 aromatic heterocycles. The zero-order valence-corrected chi connectivity index (χ0v) is 15.7. The lowest BCUT2D eigenvalue weighted by atomic mass is 9.80. The van der Waals surface area contributed by atoms with E-state index in [-0.39, 0.29) is 11.1 Å². The summed E-state index contributed by atoms with van der Waals surface area (Å²) < 4.78 is 10.1. The molecule has 0 spiro atoms. The standard InChI is InChI=1S/C19H19ClN2O4/c1-10(9-21)26-19(24)16-12(3)22-11(2)15(18(23)25-4)17(16)13-7-5-6-8-14(13)20/h5-8,10,17,22H,1-4H3. The molecule has 0 saturated carbocycles. The van der Waals surface area contributed by atoms with Crippen molar-refractivity contribution in [3.63, 3.8) is 0 Å². The van der Waals surface area contributed by atoms with E-state index in [0.29, 0.717) is 22.0 Å². The van der Waals surface area contributed by atoms with Gasteiger partial charge in [0.15, 0.2) is 6.10 Å². The minimum atomic E-state index is -0.928. The van der Waals surface area contributed by atoms with Gasteiger partial charge in [-0.3, -0.25) is 0 Å². The largest absolute Gasteiger partial charge is 0.466 e. The molecule has 1 aliphatic heterocycles. The van der Waals surface area contributed by atoms with Crippen LogP contribution in [-0.2, 0) is 19.1 Å². The molecule has 0 aliphatic carbocycles. The first-order valence-electron chi connectivity index (χ1n) is 7.93. The van der Waals surface area contributed by atoms with E-state index in [0.717, 1.165) is 0 Å². The summed E-state index contributed by atoms with van der Waals surface area (Å²) in [5, 5.41) is 12.4. The Bertz CT molecular complexity index is 851. The third-order valence-corrected chi connectivity index (χ3v) is 4.41. The lowest BCUT2D eigenvalue weighted by Crippen LogP contribution is -2.33. The quantitative estimate of drug-likeness (QED) is 0.814. The molecule has 136 valence electrons. The summed E-state index contributed by atoms with van der Waals surface area (Å²) in [7, 11) is 1.27. The van der Waals surface area contributed by atoms with Crippen molar-refractivity contribution < 1.29 is 19.1 Å². The van der Waals surface area contributed by atoms with Crippen molar-refractivity contribution >= 4 is 23.5 Å². The van der Waals surface area contributed by atoms with Crippen LogP contribution < -0.4 is 5.32 Å². The topological polar surface area (TPSA) is 88.4 Å². The number of benzene rings is 1. The number of nitrogens with zero attached hydrogens (tertiary/aromatic N) is 1. The van der Waals surface area contributed by atoms with Crippen LogP contribution in [0.15, 0.2) is 46.8 Å². The second-order valence-electron chi connectivity index (χ2n) is 5.83. The van der Waals surface area contributed by atoms with Gasteiger partial charge in [0.2, 0.25) is 0 Å². The Morgan fingerprint density at radius 1 is 1.19 bits per heavy atom. The van der Waals surface area contributed by atoms with Crippen LogP contribution in [0.1, 0.15) is 32.3 Å². The van der Waals surface area contributed by atoms with Gasteiger partial charge in [-0.2, -0.15) is 5.26 Å². The molecule has 1 aromatic rings. The summed E-state index contributed by atoms with van der Waals surface area (Å²) >= 11 is 6.35. The molecule has 1 N–H and O–H groups in total. The number of rotatable bonds is 4. The number of carbonyl (C=O) groups excluding carboxylic acids is 2. The summed E-state index contributed by atoms with van der Waals surface area (Å²) in [5.41, 5.74) is 2.14. The Labute approximate surface area is 157 Å². The highest BCUT2D eigenvalue weighted by Gasteiger charge is 2.39. The van der Waals surface area contributed by atoms with E-state index < -0.39 is 24.0 Å². The van der Waals surface area contributed by atoms with Crippen molar-refractivity contribution in [1.29, 1.82) is 5.26 Å². The number of hydrogen-bond acceptors (Lipinski definition) is 6. The Hall–Kier alpha value is -2.78. The van der Waals surface area contributed by atoms with Gasteiger partial charge < -0.3 is 14.8 Å². The molecule has 26 heavy (non-hydrogen) atoms. The minimum Gasteiger partial charge on any atom is -0.466 e. The fraction of sp³-hybridized carbons (Fsp3) is 0.316. The molecule has 1 heterocycles. The number of nitriles is 1. The molecule has 0 saturated heterocycles. The summed E-state index contributed by atoms with van der Waals surface area (Å²) in [4.78, 5) is 25.2. The van der Waals surface area contributed by atoms with Gasteiger partial charge in [0.25, 0.3) is 0 Å². The lowest BCUT2D eigenvalue weighted by Gasteiger charge is -2.30. The fourth-order valence-electron chi connectivity index (χ4n) is 2.92. The van der Waals surface area contributed by atoms with Crippen LogP contribution >= 0.6 is 11.6 Å². The highest BCUT2D eigenvalue weighted by Crippen LogP contribution is 2.41. The molecule has 2 rings (SSSR count). The molecule has 2 atom stereocenters. The molecule has 0 radical (unpaired) electrons. The minimum absolute atomic E-state index is 0.214. The third kappa shape index (κ3) is 3.73. The van der Waals surface area contributed by atoms with E-state index >= 15 is 0 Å². The molecule has 0 amide bonds. The number of ether oxygens (including phenoxy) is 2. The first kappa shape index (κ1) is 19.5. The van der Waals surface area contributed by atoms with E-state index in [1.54, 1.807) is 38.1 Å². The van der Waals surface area contributed by atoms with E-state index in [2.05, 4.69) is 5.32 Å². The zero-order chi connectivity index (χ0) is 19.4. The van der Waals surface area contributed by atoms with Crippen molar-refractivity contribution in [3.05, 3.63) is 57.4 Å². The predicted molar refractivity (Wildman–Crippen MR) is 95.9 cm³/mol. The van der Waals surface area contributed by atoms with E-state index in [9.17, 15) is 9.59 Å². The van der Waals surface area contributed by atoms with Crippen molar-refractivity contribution in [3.8, 4) is 6.07 Å². The third-order valence-electron chi connectivity index (χ3n) is 4.07. The molecule has 1 aliphatic rings.